The van der Waals surface area contributed by atoms with Crippen LogP contribution in [0.1, 0.15) is 32.4 Å². The van der Waals surface area contributed by atoms with Crippen molar-refractivity contribution < 1.29 is 5.11 Å². The molecule has 4 heteroatoms. The van der Waals surface area contributed by atoms with Gasteiger partial charge in [0.15, 0.2) is 0 Å². The lowest BCUT2D eigenvalue weighted by atomic mass is 10.1. The van der Waals surface area contributed by atoms with Crippen LogP contribution >= 0.6 is 0 Å². The number of hydrogen-bond acceptors (Lipinski definition) is 3. The molecule has 1 unspecified atom stereocenters. The average Bonchev–Trinajstić information content (AvgIpc) is 2.71. The van der Waals surface area contributed by atoms with Gasteiger partial charge in [0.05, 0.1) is 12.0 Å². The van der Waals surface area contributed by atoms with Gasteiger partial charge in [-0.05, 0) is 19.8 Å². The Hall–Kier alpha value is -0.870. The first kappa shape index (κ1) is 12.2. The summed E-state index contributed by atoms with van der Waals surface area (Å²) in [7, 11) is 0. The summed E-state index contributed by atoms with van der Waals surface area (Å²) in [6.07, 6.45) is 5.60. The van der Waals surface area contributed by atoms with E-state index in [0.29, 0.717) is 6.04 Å². The van der Waals surface area contributed by atoms with Crippen molar-refractivity contribution in [1.82, 2.24) is 14.9 Å². The highest BCUT2D eigenvalue weighted by Gasteiger charge is 2.06. The van der Waals surface area contributed by atoms with E-state index in [9.17, 15) is 0 Å². The summed E-state index contributed by atoms with van der Waals surface area (Å²) >= 11 is 0. The number of nitrogens with one attached hydrogen (secondary N) is 1. The third kappa shape index (κ3) is 3.64. The number of aromatic nitrogens is 2. The molecule has 0 aromatic carbocycles. The van der Waals surface area contributed by atoms with Crippen LogP contribution in [0.5, 0.6) is 0 Å². The molecule has 15 heavy (non-hydrogen) atoms. The number of rotatable bonds is 7. The van der Waals surface area contributed by atoms with E-state index in [2.05, 4.69) is 28.7 Å². The minimum atomic E-state index is 0.249. The lowest BCUT2D eigenvalue weighted by molar-refractivity contribution is 0.261. The Morgan fingerprint density at radius 3 is 2.93 bits per heavy atom. The molecular formula is C11H21N3O. The monoisotopic (exact) mass is 211 g/mol. The molecule has 0 bridgehead atoms. The summed E-state index contributed by atoms with van der Waals surface area (Å²) in [5, 5.41) is 12.3. The zero-order valence-electron chi connectivity index (χ0n) is 9.61. The Labute approximate surface area is 91.3 Å². The van der Waals surface area contributed by atoms with Crippen molar-refractivity contribution in [1.29, 1.82) is 0 Å². The van der Waals surface area contributed by atoms with Crippen LogP contribution in [0.15, 0.2) is 12.5 Å². The van der Waals surface area contributed by atoms with Crippen molar-refractivity contribution in [2.45, 2.75) is 45.8 Å². The number of imidazole rings is 1. The first-order chi connectivity index (χ1) is 7.31. The van der Waals surface area contributed by atoms with Crippen LogP contribution in [-0.4, -0.2) is 27.3 Å². The van der Waals surface area contributed by atoms with Crippen LogP contribution in [0.25, 0.3) is 0 Å². The Morgan fingerprint density at radius 2 is 2.33 bits per heavy atom. The van der Waals surface area contributed by atoms with Gasteiger partial charge in [0.25, 0.3) is 0 Å². The summed E-state index contributed by atoms with van der Waals surface area (Å²) in [4.78, 5) is 4.12. The molecular weight excluding hydrogens is 190 g/mol. The zero-order valence-corrected chi connectivity index (χ0v) is 9.61. The molecule has 0 spiro atoms. The fourth-order valence-corrected chi connectivity index (χ4v) is 1.64. The van der Waals surface area contributed by atoms with Crippen LogP contribution in [0, 0.1) is 0 Å². The third-order valence-electron chi connectivity index (χ3n) is 2.68. The fraction of sp³-hybridized carbons (Fsp3) is 0.727. The van der Waals surface area contributed by atoms with Crippen molar-refractivity contribution in [2.75, 3.05) is 6.61 Å². The van der Waals surface area contributed by atoms with E-state index >= 15 is 0 Å². The van der Waals surface area contributed by atoms with E-state index in [0.717, 1.165) is 25.9 Å². The topological polar surface area (TPSA) is 50.1 Å². The predicted octanol–water partition coefficient (Wildman–Crippen LogP) is 1.15. The van der Waals surface area contributed by atoms with Gasteiger partial charge in [-0.1, -0.05) is 6.92 Å². The molecule has 86 valence electrons. The molecule has 1 rings (SSSR count). The van der Waals surface area contributed by atoms with Crippen molar-refractivity contribution in [3.8, 4) is 0 Å². The summed E-state index contributed by atoms with van der Waals surface area (Å²) in [5.41, 5.74) is 1.20. The number of hydrogen-bond donors (Lipinski definition) is 2. The number of aliphatic hydroxyl groups excluding tert-OH is 1. The Morgan fingerprint density at radius 1 is 1.53 bits per heavy atom. The highest BCUT2D eigenvalue weighted by molar-refractivity contribution is 4.98. The molecule has 0 amide bonds. The molecule has 4 nitrogen and oxygen atoms in total. The van der Waals surface area contributed by atoms with Gasteiger partial charge >= 0.3 is 0 Å². The molecule has 1 heterocycles. The number of aliphatic hydroxyl groups is 1. The highest BCUT2D eigenvalue weighted by Crippen LogP contribution is 2.02. The van der Waals surface area contributed by atoms with Crippen LogP contribution in [0.2, 0.25) is 0 Å². The SMILES string of the molecule is CCC(CCO)NCc1cncn1CC. The Kier molecular flexibility index (Phi) is 5.36. The maximum atomic E-state index is 8.87. The minimum Gasteiger partial charge on any atom is -0.396 e. The zero-order chi connectivity index (χ0) is 11.1. The molecule has 0 fully saturated rings. The van der Waals surface area contributed by atoms with Gasteiger partial charge in [0.1, 0.15) is 0 Å². The molecule has 0 aliphatic heterocycles. The second-order valence-electron chi connectivity index (χ2n) is 3.67. The maximum absolute atomic E-state index is 8.87. The van der Waals surface area contributed by atoms with Crippen LogP contribution in [0.4, 0.5) is 0 Å². The molecule has 0 saturated carbocycles. The quantitative estimate of drug-likeness (QED) is 0.711. The van der Waals surface area contributed by atoms with Crippen LogP contribution < -0.4 is 5.32 Å². The van der Waals surface area contributed by atoms with E-state index in [1.165, 1.54) is 5.69 Å². The summed E-state index contributed by atoms with van der Waals surface area (Å²) in [5.74, 6) is 0. The molecule has 2 N–H and O–H groups in total. The smallest absolute Gasteiger partial charge is 0.0948 e. The van der Waals surface area contributed by atoms with Gasteiger partial charge in [-0.25, -0.2) is 4.98 Å². The summed E-state index contributed by atoms with van der Waals surface area (Å²) in [6.45, 7) is 6.26. The van der Waals surface area contributed by atoms with E-state index in [-0.39, 0.29) is 6.61 Å². The highest BCUT2D eigenvalue weighted by atomic mass is 16.3. The summed E-state index contributed by atoms with van der Waals surface area (Å²) in [6, 6.07) is 0.398. The average molecular weight is 211 g/mol. The summed E-state index contributed by atoms with van der Waals surface area (Å²) < 4.78 is 2.12. The molecule has 0 saturated heterocycles. The van der Waals surface area contributed by atoms with Gasteiger partial charge in [-0.3, -0.25) is 0 Å². The van der Waals surface area contributed by atoms with Crippen LogP contribution in [0.3, 0.4) is 0 Å². The Bertz CT molecular complexity index is 273. The lowest BCUT2D eigenvalue weighted by Crippen LogP contribution is -2.29. The normalized spacial score (nSPS) is 13.0. The molecule has 1 aromatic heterocycles. The Balaban J connectivity index is 2.41. The maximum Gasteiger partial charge on any atom is 0.0948 e. The van der Waals surface area contributed by atoms with Gasteiger partial charge in [0, 0.05) is 31.9 Å². The van der Waals surface area contributed by atoms with Gasteiger partial charge in [-0.15, -0.1) is 0 Å². The van der Waals surface area contributed by atoms with E-state index in [1.54, 1.807) is 0 Å². The largest absolute Gasteiger partial charge is 0.396 e. The van der Waals surface area contributed by atoms with Gasteiger partial charge in [-0.2, -0.15) is 0 Å². The van der Waals surface area contributed by atoms with Gasteiger partial charge in [0.2, 0.25) is 0 Å². The fourth-order valence-electron chi connectivity index (χ4n) is 1.64. The lowest BCUT2D eigenvalue weighted by Gasteiger charge is -2.16. The van der Waals surface area contributed by atoms with Crippen molar-refractivity contribution in [3.05, 3.63) is 18.2 Å². The first-order valence-electron chi connectivity index (χ1n) is 5.65. The molecule has 0 aliphatic rings. The van der Waals surface area contributed by atoms with Gasteiger partial charge < -0.3 is 15.0 Å². The second kappa shape index (κ2) is 6.58. The van der Waals surface area contributed by atoms with Crippen molar-refractivity contribution in [2.24, 2.45) is 0 Å². The molecule has 1 aromatic rings. The molecule has 0 radical (unpaired) electrons. The van der Waals surface area contributed by atoms with Crippen LogP contribution in [-0.2, 0) is 13.1 Å². The minimum absolute atomic E-state index is 0.249. The molecule has 1 atom stereocenters. The number of aryl methyl sites for hydroxylation is 1. The predicted molar refractivity (Wildman–Crippen MR) is 60.5 cm³/mol. The first-order valence-corrected chi connectivity index (χ1v) is 5.65. The van der Waals surface area contributed by atoms with E-state index in [1.807, 2.05) is 12.5 Å². The number of nitrogens with zero attached hydrogens (tertiary/aromatic N) is 2. The third-order valence-corrected chi connectivity index (χ3v) is 2.68. The standard InChI is InChI=1S/C11H21N3O/c1-3-10(5-6-15)13-8-11-7-12-9-14(11)4-2/h7,9-10,13,15H,3-6,8H2,1-2H3. The molecule has 0 aliphatic carbocycles. The second-order valence-corrected chi connectivity index (χ2v) is 3.67. The van der Waals surface area contributed by atoms with E-state index < -0.39 is 0 Å². The van der Waals surface area contributed by atoms with Crippen molar-refractivity contribution >= 4 is 0 Å². The van der Waals surface area contributed by atoms with E-state index in [4.69, 9.17) is 5.11 Å². The van der Waals surface area contributed by atoms with Crippen molar-refractivity contribution in [3.63, 3.8) is 0 Å².